The van der Waals surface area contributed by atoms with Crippen LogP contribution in [-0.4, -0.2) is 20.8 Å². The van der Waals surface area contributed by atoms with Crippen LogP contribution in [0.4, 0.5) is 14.9 Å². The highest BCUT2D eigenvalue weighted by molar-refractivity contribution is 7.98. The van der Waals surface area contributed by atoms with Crippen LogP contribution in [0.2, 0.25) is 10.0 Å². The average Bonchev–Trinajstić information content (AvgIpc) is 3.24. The van der Waals surface area contributed by atoms with E-state index in [1.807, 2.05) is 32.0 Å². The van der Waals surface area contributed by atoms with Gasteiger partial charge in [-0.2, -0.15) is 0 Å². The molecule has 10 heteroatoms. The number of anilines is 1. The number of hydrogen-bond acceptors (Lipinski definition) is 4. The van der Waals surface area contributed by atoms with E-state index in [1.165, 1.54) is 23.9 Å². The van der Waals surface area contributed by atoms with Crippen LogP contribution in [0.1, 0.15) is 22.5 Å². The van der Waals surface area contributed by atoms with Crippen molar-refractivity contribution in [3.63, 3.8) is 0 Å². The van der Waals surface area contributed by atoms with Crippen molar-refractivity contribution in [2.45, 2.75) is 31.3 Å². The van der Waals surface area contributed by atoms with Crippen LogP contribution in [0.3, 0.4) is 0 Å². The zero-order valence-corrected chi connectivity index (χ0v) is 21.3. The lowest BCUT2D eigenvalue weighted by atomic mass is 10.1. The molecule has 0 bridgehead atoms. The molecule has 1 heterocycles. The van der Waals surface area contributed by atoms with Crippen molar-refractivity contribution >= 4 is 46.7 Å². The van der Waals surface area contributed by atoms with Gasteiger partial charge < -0.3 is 10.6 Å². The monoisotopic (exact) mass is 529 g/mol. The van der Waals surface area contributed by atoms with Gasteiger partial charge in [0, 0.05) is 16.5 Å². The van der Waals surface area contributed by atoms with Gasteiger partial charge >= 0.3 is 6.03 Å². The smallest absolute Gasteiger partial charge is 0.319 e. The molecule has 0 saturated carbocycles. The summed E-state index contributed by atoms with van der Waals surface area (Å²) in [5, 5.41) is 15.8. The molecule has 0 fully saturated rings. The van der Waals surface area contributed by atoms with Gasteiger partial charge in [0.2, 0.25) is 0 Å². The lowest BCUT2D eigenvalue weighted by Gasteiger charge is -2.13. The number of nitrogens with zero attached hydrogens (tertiary/aromatic N) is 3. The highest BCUT2D eigenvalue weighted by Gasteiger charge is 2.18. The van der Waals surface area contributed by atoms with Crippen molar-refractivity contribution < 1.29 is 9.18 Å². The van der Waals surface area contributed by atoms with Crippen LogP contribution < -0.4 is 10.6 Å². The van der Waals surface area contributed by atoms with Crippen molar-refractivity contribution in [2.75, 3.05) is 5.32 Å². The summed E-state index contributed by atoms with van der Waals surface area (Å²) >= 11 is 14.1. The Hall–Kier alpha value is -3.07. The maximum atomic E-state index is 13.2. The minimum Gasteiger partial charge on any atom is -0.331 e. The summed E-state index contributed by atoms with van der Waals surface area (Å²) in [6.45, 7) is 4.10. The van der Waals surface area contributed by atoms with Gasteiger partial charge in [0.15, 0.2) is 11.0 Å². The van der Waals surface area contributed by atoms with E-state index in [9.17, 15) is 9.18 Å². The molecular formula is C25H22Cl2FN5OS. The second kappa shape index (κ2) is 11.1. The summed E-state index contributed by atoms with van der Waals surface area (Å²) in [6.07, 6.45) is 0. The van der Waals surface area contributed by atoms with Gasteiger partial charge in [-0.25, -0.2) is 9.18 Å². The van der Waals surface area contributed by atoms with Gasteiger partial charge in [-0.1, -0.05) is 53.2 Å². The fourth-order valence-electron chi connectivity index (χ4n) is 3.29. The molecule has 0 atom stereocenters. The summed E-state index contributed by atoms with van der Waals surface area (Å²) in [6, 6.07) is 16.7. The standard InChI is InChI=1S/C25H22Cl2FN5OS/c1-15-3-9-20(11-16(15)2)30-24(34)29-13-23-31-32-25(35-14-17-4-7-19(28)8-5-17)33(23)22-12-18(26)6-10-21(22)27/h3-12H,13-14H2,1-2H3,(H2,29,30,34). The number of rotatable bonds is 7. The van der Waals surface area contributed by atoms with Crippen LogP contribution in [0.15, 0.2) is 65.8 Å². The Morgan fingerprint density at radius 1 is 1.00 bits per heavy atom. The van der Waals surface area contributed by atoms with Crippen molar-refractivity contribution in [3.8, 4) is 5.69 Å². The summed E-state index contributed by atoms with van der Waals surface area (Å²) in [7, 11) is 0. The predicted octanol–water partition coefficient (Wildman–Crippen LogP) is 6.94. The summed E-state index contributed by atoms with van der Waals surface area (Å²) in [5.41, 5.74) is 4.45. The van der Waals surface area contributed by atoms with E-state index in [1.54, 1.807) is 34.9 Å². The molecule has 4 rings (SSSR count). The Morgan fingerprint density at radius 2 is 1.77 bits per heavy atom. The first-order chi connectivity index (χ1) is 16.8. The Bertz CT molecular complexity index is 1360. The highest BCUT2D eigenvalue weighted by atomic mass is 35.5. The van der Waals surface area contributed by atoms with Crippen LogP contribution in [0.5, 0.6) is 0 Å². The molecule has 180 valence electrons. The third-order valence-electron chi connectivity index (χ3n) is 5.30. The van der Waals surface area contributed by atoms with Crippen molar-refractivity contribution in [3.05, 3.63) is 99.0 Å². The zero-order valence-electron chi connectivity index (χ0n) is 19.0. The van der Waals surface area contributed by atoms with Gasteiger partial charge in [-0.3, -0.25) is 4.57 Å². The molecule has 0 spiro atoms. The number of hydrogen-bond donors (Lipinski definition) is 2. The molecule has 0 unspecified atom stereocenters. The molecule has 0 aliphatic rings. The zero-order chi connectivity index (χ0) is 24.9. The molecule has 6 nitrogen and oxygen atoms in total. The number of benzene rings is 3. The second-order valence-electron chi connectivity index (χ2n) is 7.85. The summed E-state index contributed by atoms with van der Waals surface area (Å²) < 4.78 is 15.0. The summed E-state index contributed by atoms with van der Waals surface area (Å²) in [4.78, 5) is 12.5. The van der Waals surface area contributed by atoms with Crippen LogP contribution in [0, 0.1) is 19.7 Å². The van der Waals surface area contributed by atoms with Gasteiger partial charge in [-0.15, -0.1) is 10.2 Å². The van der Waals surface area contributed by atoms with Crippen LogP contribution in [-0.2, 0) is 12.3 Å². The lowest BCUT2D eigenvalue weighted by Crippen LogP contribution is -2.29. The molecule has 35 heavy (non-hydrogen) atoms. The van der Waals surface area contributed by atoms with E-state index < -0.39 is 0 Å². The summed E-state index contributed by atoms with van der Waals surface area (Å²) in [5.74, 6) is 0.725. The fourth-order valence-corrected chi connectivity index (χ4v) is 4.58. The predicted molar refractivity (Wildman–Crippen MR) is 139 cm³/mol. The van der Waals surface area contributed by atoms with E-state index in [0.717, 1.165) is 16.7 Å². The normalized spacial score (nSPS) is 10.9. The Balaban J connectivity index is 1.55. The largest absolute Gasteiger partial charge is 0.331 e. The fraction of sp³-hybridized carbons (Fsp3) is 0.160. The van der Waals surface area contributed by atoms with Crippen molar-refractivity contribution in [2.24, 2.45) is 0 Å². The maximum absolute atomic E-state index is 13.2. The Kier molecular flexibility index (Phi) is 7.95. The molecule has 0 aliphatic carbocycles. The molecule has 1 aromatic heterocycles. The minimum atomic E-state index is -0.375. The third-order valence-corrected chi connectivity index (χ3v) is 6.86. The number of aryl methyl sites for hydroxylation is 2. The Labute approximate surface area is 216 Å². The first-order valence-electron chi connectivity index (χ1n) is 10.7. The van der Waals surface area contributed by atoms with Gasteiger partial charge in [0.25, 0.3) is 0 Å². The van der Waals surface area contributed by atoms with E-state index >= 15 is 0 Å². The topological polar surface area (TPSA) is 71.8 Å². The van der Waals surface area contributed by atoms with E-state index in [4.69, 9.17) is 23.2 Å². The van der Waals surface area contributed by atoms with Crippen molar-refractivity contribution in [1.82, 2.24) is 20.1 Å². The SMILES string of the molecule is Cc1ccc(NC(=O)NCc2nnc(SCc3ccc(F)cc3)n2-c2cc(Cl)ccc2Cl)cc1C. The average molecular weight is 530 g/mol. The van der Waals surface area contributed by atoms with E-state index in [-0.39, 0.29) is 18.4 Å². The number of nitrogens with one attached hydrogen (secondary N) is 2. The number of urea groups is 1. The lowest BCUT2D eigenvalue weighted by molar-refractivity contribution is 0.251. The highest BCUT2D eigenvalue weighted by Crippen LogP contribution is 2.31. The number of carbonyl (C=O) groups is 1. The molecule has 4 aromatic rings. The first-order valence-corrected chi connectivity index (χ1v) is 12.4. The maximum Gasteiger partial charge on any atom is 0.319 e. The van der Waals surface area contributed by atoms with Crippen molar-refractivity contribution in [1.29, 1.82) is 0 Å². The number of amides is 2. The Morgan fingerprint density at radius 3 is 2.51 bits per heavy atom. The van der Waals surface area contributed by atoms with E-state index in [0.29, 0.717) is 38.2 Å². The van der Waals surface area contributed by atoms with E-state index in [2.05, 4.69) is 20.8 Å². The first kappa shape index (κ1) is 25.0. The minimum absolute atomic E-state index is 0.101. The van der Waals surface area contributed by atoms with Crippen LogP contribution >= 0.6 is 35.0 Å². The molecule has 0 saturated heterocycles. The third kappa shape index (κ3) is 6.33. The second-order valence-corrected chi connectivity index (χ2v) is 9.64. The number of carbonyl (C=O) groups excluding carboxylic acids is 1. The quantitative estimate of drug-likeness (QED) is 0.254. The molecule has 0 aliphatic heterocycles. The molecular weight excluding hydrogens is 508 g/mol. The molecule has 0 radical (unpaired) electrons. The van der Waals surface area contributed by atoms with Gasteiger partial charge in [-0.05, 0) is 73.0 Å². The number of halogens is 3. The molecule has 3 aromatic carbocycles. The van der Waals surface area contributed by atoms with Gasteiger partial charge in [0.05, 0.1) is 17.3 Å². The van der Waals surface area contributed by atoms with Gasteiger partial charge in [0.1, 0.15) is 5.82 Å². The molecule has 2 amide bonds. The number of thioether (sulfide) groups is 1. The number of aromatic nitrogens is 3. The van der Waals surface area contributed by atoms with Crippen LogP contribution in [0.25, 0.3) is 5.69 Å². The molecule has 2 N–H and O–H groups in total.